The van der Waals surface area contributed by atoms with Crippen LogP contribution in [0.4, 0.5) is 5.95 Å². The maximum absolute atomic E-state index is 9.65. The van der Waals surface area contributed by atoms with Gasteiger partial charge in [0.15, 0.2) is 0 Å². The second kappa shape index (κ2) is 8.54. The molecule has 0 aliphatic rings. The molecule has 22 heavy (non-hydrogen) atoms. The first-order valence-corrected chi connectivity index (χ1v) is 7.20. The molecule has 0 fully saturated rings. The van der Waals surface area contributed by atoms with Gasteiger partial charge in [-0.2, -0.15) is 4.33 Å². The minimum atomic E-state index is 0.329. The van der Waals surface area contributed by atoms with Gasteiger partial charge >= 0.3 is 5.95 Å². The molecule has 1 aromatic heterocycles. The Balaban J connectivity index is 0.000000235. The third kappa shape index (κ3) is 5.15. The van der Waals surface area contributed by atoms with Gasteiger partial charge in [0.05, 0.1) is 12.0 Å². The lowest BCUT2D eigenvalue weighted by atomic mass is 10.1. The molecule has 7 nitrogen and oxygen atoms in total. The van der Waals surface area contributed by atoms with E-state index in [1.807, 2.05) is 39.8 Å². The second-order valence-electron chi connectivity index (χ2n) is 4.76. The van der Waals surface area contributed by atoms with E-state index >= 15 is 0 Å². The van der Waals surface area contributed by atoms with Crippen LogP contribution >= 0.6 is 12.0 Å². The number of rotatable bonds is 3. The van der Waals surface area contributed by atoms with Gasteiger partial charge in [-0.3, -0.25) is 16.6 Å². The molecule has 0 saturated heterocycles. The summed E-state index contributed by atoms with van der Waals surface area (Å²) >= 11 is 0.948. The molecule has 0 saturated carbocycles. The molecule has 0 aliphatic heterocycles. The molecule has 2 rings (SSSR count). The van der Waals surface area contributed by atoms with Gasteiger partial charge in [-0.25, -0.2) is 0 Å². The van der Waals surface area contributed by atoms with E-state index < -0.39 is 0 Å². The Kier molecular flexibility index (Phi) is 7.06. The van der Waals surface area contributed by atoms with Crippen LogP contribution in [0.5, 0.6) is 0 Å². The molecule has 0 amide bonds. The standard InChI is InChI=1S/C9H12O3S.C5H8N4/c1-6-4-7(2)9(8(3)5-6)13-12-11-10;1-4-2-3-8-5(6)9(4)7/h4-5,10H,1-3H3;2-3,6H,7H2,1H3. The summed E-state index contributed by atoms with van der Waals surface area (Å²) in [5.74, 6) is 5.74. The summed E-state index contributed by atoms with van der Waals surface area (Å²) < 4.78 is 5.62. The largest absolute Gasteiger partial charge is 0.691 e. The minimum absolute atomic E-state index is 0.329. The van der Waals surface area contributed by atoms with E-state index in [0.717, 1.165) is 33.8 Å². The van der Waals surface area contributed by atoms with Crippen LogP contribution in [-0.4, -0.2) is 4.98 Å². The Morgan fingerprint density at radius 3 is 2.23 bits per heavy atom. The summed E-state index contributed by atoms with van der Waals surface area (Å²) in [5, 5.41) is 12.9. The molecule has 0 atom stereocenters. The number of nitrogens with two attached hydrogens (primary N) is 2. The number of aromatic nitrogens is 2. The minimum Gasteiger partial charge on any atom is -0.691 e. The summed E-state index contributed by atoms with van der Waals surface area (Å²) in [4.78, 5) is 4.69. The molecule has 1 aromatic carbocycles. The lowest BCUT2D eigenvalue weighted by molar-refractivity contribution is -0.777. The van der Waals surface area contributed by atoms with Crippen LogP contribution in [0.15, 0.2) is 29.3 Å². The second-order valence-corrected chi connectivity index (χ2v) is 5.47. The SMILES string of the molecule is Cc1cc(C)c(SOO[O-])c(C)c1.Cc1ccnc(N)[n+]1N. The number of aryl methyl sites for hydroxylation is 4. The zero-order chi connectivity index (χ0) is 16.7. The fourth-order valence-electron chi connectivity index (χ4n) is 1.89. The molecule has 0 radical (unpaired) electrons. The topological polar surface area (TPSA) is 110 Å². The Labute approximate surface area is 133 Å². The molecule has 4 N–H and O–H groups in total. The van der Waals surface area contributed by atoms with Gasteiger partial charge in [0.1, 0.15) is 11.9 Å². The number of nitrogens with zero attached hydrogens (tertiary/aromatic N) is 2. The summed E-state index contributed by atoms with van der Waals surface area (Å²) in [6.45, 7) is 7.82. The van der Waals surface area contributed by atoms with Gasteiger partial charge in [-0.15, -0.1) is 4.68 Å². The maximum atomic E-state index is 9.65. The highest BCUT2D eigenvalue weighted by Crippen LogP contribution is 2.27. The van der Waals surface area contributed by atoms with Crippen molar-refractivity contribution in [3.05, 3.63) is 46.8 Å². The van der Waals surface area contributed by atoms with E-state index in [1.54, 1.807) is 12.3 Å². The predicted octanol–water partition coefficient (Wildman–Crippen LogP) is 0.816. The van der Waals surface area contributed by atoms with Crippen LogP contribution in [0, 0.1) is 27.7 Å². The van der Waals surface area contributed by atoms with Gasteiger partial charge in [0.2, 0.25) is 0 Å². The summed E-state index contributed by atoms with van der Waals surface area (Å²) in [6.07, 6.45) is 1.62. The smallest absolute Gasteiger partial charge is 0.411 e. The predicted molar refractivity (Wildman–Crippen MR) is 82.4 cm³/mol. The first kappa shape index (κ1) is 18.2. The number of nitrogen functional groups attached to an aromatic ring is 2. The van der Waals surface area contributed by atoms with E-state index in [9.17, 15) is 5.26 Å². The third-order valence-electron chi connectivity index (χ3n) is 2.90. The van der Waals surface area contributed by atoms with Crippen LogP contribution in [-0.2, 0) is 9.37 Å². The zero-order valence-electron chi connectivity index (χ0n) is 13.0. The highest BCUT2D eigenvalue weighted by Gasteiger charge is 2.04. The van der Waals surface area contributed by atoms with Crippen LogP contribution in [0.25, 0.3) is 0 Å². The number of hydrogen-bond acceptors (Lipinski definition) is 7. The fraction of sp³-hybridized carbons (Fsp3) is 0.286. The average Bonchev–Trinajstić information content (AvgIpc) is 2.44. The molecular weight excluding hydrogens is 304 g/mol. The van der Waals surface area contributed by atoms with Crippen molar-refractivity contribution in [1.82, 2.24) is 4.98 Å². The fourth-order valence-corrected chi connectivity index (χ4v) is 2.37. The van der Waals surface area contributed by atoms with Crippen molar-refractivity contribution in [3.8, 4) is 0 Å². The highest BCUT2D eigenvalue weighted by molar-refractivity contribution is 7.94. The van der Waals surface area contributed by atoms with E-state index in [0.29, 0.717) is 5.95 Å². The molecule has 8 heteroatoms. The van der Waals surface area contributed by atoms with Gasteiger partial charge in [-0.1, -0.05) is 22.7 Å². The summed E-state index contributed by atoms with van der Waals surface area (Å²) in [7, 11) is 0. The number of anilines is 1. The lowest BCUT2D eigenvalue weighted by Gasteiger charge is -2.10. The Bertz CT molecular complexity index is 594. The molecule has 0 unspecified atom stereocenters. The van der Waals surface area contributed by atoms with Crippen molar-refractivity contribution in [2.75, 3.05) is 11.6 Å². The van der Waals surface area contributed by atoms with Crippen molar-refractivity contribution in [1.29, 1.82) is 0 Å². The first-order chi connectivity index (χ1) is 10.4. The summed E-state index contributed by atoms with van der Waals surface area (Å²) in [6, 6.07) is 5.85. The van der Waals surface area contributed by atoms with E-state index in [2.05, 4.69) is 14.4 Å². The molecule has 0 aliphatic carbocycles. The number of benzene rings is 1. The van der Waals surface area contributed by atoms with Crippen molar-refractivity contribution >= 4 is 18.0 Å². The monoisotopic (exact) mass is 324 g/mol. The van der Waals surface area contributed by atoms with Crippen LogP contribution < -0.4 is 21.5 Å². The highest BCUT2D eigenvalue weighted by atomic mass is 32.2. The molecule has 1 heterocycles. The van der Waals surface area contributed by atoms with Gasteiger partial charge in [0, 0.05) is 11.0 Å². The average molecular weight is 324 g/mol. The first-order valence-electron chi connectivity index (χ1n) is 6.46. The van der Waals surface area contributed by atoms with Gasteiger partial charge in [-0.05, 0) is 38.8 Å². The van der Waals surface area contributed by atoms with E-state index in [-0.39, 0.29) is 0 Å². The van der Waals surface area contributed by atoms with Crippen LogP contribution in [0.3, 0.4) is 0 Å². The quantitative estimate of drug-likeness (QED) is 0.283. The zero-order valence-corrected chi connectivity index (χ0v) is 13.8. The van der Waals surface area contributed by atoms with E-state index in [4.69, 9.17) is 11.6 Å². The Hall–Kier alpha value is -1.87. The van der Waals surface area contributed by atoms with Crippen molar-refractivity contribution in [2.45, 2.75) is 32.6 Å². The molecular formula is C14H20N4O3S. The Morgan fingerprint density at radius 2 is 1.77 bits per heavy atom. The Morgan fingerprint density at radius 1 is 1.18 bits per heavy atom. The molecule has 0 bridgehead atoms. The molecule has 120 valence electrons. The summed E-state index contributed by atoms with van der Waals surface area (Å²) in [5.41, 5.74) is 9.60. The van der Waals surface area contributed by atoms with Crippen LogP contribution in [0.2, 0.25) is 0 Å². The van der Waals surface area contributed by atoms with E-state index in [1.165, 1.54) is 10.2 Å². The molecule has 0 spiro atoms. The van der Waals surface area contributed by atoms with Crippen molar-refractivity contribution in [3.63, 3.8) is 0 Å². The van der Waals surface area contributed by atoms with Crippen molar-refractivity contribution in [2.24, 2.45) is 0 Å². The van der Waals surface area contributed by atoms with Crippen LogP contribution in [0.1, 0.15) is 22.4 Å². The normalized spacial score (nSPS) is 10.0. The lowest BCUT2D eigenvalue weighted by Crippen LogP contribution is -2.50. The maximum Gasteiger partial charge on any atom is 0.411 e. The third-order valence-corrected chi connectivity index (χ3v) is 3.83. The van der Waals surface area contributed by atoms with Crippen molar-refractivity contribution < 1.29 is 19.3 Å². The van der Waals surface area contributed by atoms with Gasteiger partial charge < -0.3 is 5.26 Å². The number of hydrogen-bond donors (Lipinski definition) is 2. The van der Waals surface area contributed by atoms with Gasteiger partial charge in [0.25, 0.3) is 0 Å². The molecule has 2 aromatic rings.